The van der Waals surface area contributed by atoms with Crippen LogP contribution in [0.5, 0.6) is 23.0 Å². The van der Waals surface area contributed by atoms with E-state index in [9.17, 15) is 34.4 Å². The van der Waals surface area contributed by atoms with Gasteiger partial charge in [0.25, 0.3) is 0 Å². The van der Waals surface area contributed by atoms with Crippen molar-refractivity contribution in [2.45, 2.75) is 63.3 Å². The fraction of sp³-hybridized carbons (Fsp3) is 0.371. The van der Waals surface area contributed by atoms with Crippen molar-refractivity contribution in [3.05, 3.63) is 87.5 Å². The fourth-order valence-corrected chi connectivity index (χ4v) is 5.68. The number of rotatable bonds is 10. The van der Waals surface area contributed by atoms with Gasteiger partial charge in [-0.1, -0.05) is 50.2 Å². The van der Waals surface area contributed by atoms with Crippen LogP contribution >= 0.6 is 12.4 Å². The summed E-state index contributed by atoms with van der Waals surface area (Å²) in [6.07, 6.45) is 0.0500. The summed E-state index contributed by atoms with van der Waals surface area (Å²) in [7, 11) is 2.34. The van der Waals surface area contributed by atoms with Crippen molar-refractivity contribution in [1.29, 1.82) is 0 Å². The zero-order chi connectivity index (χ0) is 37.4. The molecule has 0 radical (unpaired) electrons. The van der Waals surface area contributed by atoms with Gasteiger partial charge in [-0.05, 0) is 47.2 Å². The van der Waals surface area contributed by atoms with Gasteiger partial charge in [0.1, 0.15) is 18.1 Å². The second-order valence-electron chi connectivity index (χ2n) is 12.5. The minimum absolute atomic E-state index is 0. The number of aromatic hydroxyl groups is 1. The van der Waals surface area contributed by atoms with Crippen LogP contribution in [-0.2, 0) is 36.8 Å². The highest BCUT2D eigenvalue weighted by Crippen LogP contribution is 2.43. The van der Waals surface area contributed by atoms with Gasteiger partial charge < -0.3 is 46.7 Å². The van der Waals surface area contributed by atoms with E-state index in [1.165, 1.54) is 37.4 Å². The van der Waals surface area contributed by atoms with E-state index in [0.717, 1.165) is 7.11 Å². The summed E-state index contributed by atoms with van der Waals surface area (Å²) in [5, 5.41) is 31.3. The number of methoxy groups -OCH3 is 2. The first-order valence-corrected chi connectivity index (χ1v) is 16.1. The minimum Gasteiger partial charge on any atom is -0.504 e. The molecule has 2 heterocycles. The zero-order valence-corrected chi connectivity index (χ0v) is 29.8. The molecule has 16 nitrogen and oxygen atoms in total. The Morgan fingerprint density at radius 3 is 2.35 bits per heavy atom. The number of esters is 1. The van der Waals surface area contributed by atoms with Crippen molar-refractivity contribution in [3.63, 3.8) is 0 Å². The minimum atomic E-state index is -1.55. The third-order valence-corrected chi connectivity index (χ3v) is 8.24. The smallest absolute Gasteiger partial charge is 0.325 e. The van der Waals surface area contributed by atoms with Crippen LogP contribution in [0.25, 0.3) is 0 Å². The van der Waals surface area contributed by atoms with Gasteiger partial charge in [-0.15, -0.1) is 12.4 Å². The molecular weight excluding hydrogens is 700 g/mol. The van der Waals surface area contributed by atoms with E-state index in [-0.39, 0.29) is 59.5 Å². The maximum Gasteiger partial charge on any atom is 0.325 e. The number of nitro benzene ring substituents is 1. The Morgan fingerprint density at radius 1 is 1.04 bits per heavy atom. The normalized spacial score (nSPS) is 18.5. The van der Waals surface area contributed by atoms with E-state index in [4.69, 9.17) is 25.7 Å². The number of benzene rings is 3. The average molecular weight is 743 g/mol. The Balaban J connectivity index is 0.00000729. The zero-order valence-electron chi connectivity index (χ0n) is 29.0. The Bertz CT molecular complexity index is 1780. The molecule has 2 aliphatic heterocycles. The third-order valence-electron chi connectivity index (χ3n) is 8.24. The van der Waals surface area contributed by atoms with Crippen molar-refractivity contribution in [2.24, 2.45) is 17.4 Å². The number of nitro groups is 1. The molecule has 3 amide bonds. The number of hydrogen-bond donors (Lipinski definition) is 6. The van der Waals surface area contributed by atoms with Crippen molar-refractivity contribution in [1.82, 2.24) is 16.0 Å². The van der Waals surface area contributed by atoms with Gasteiger partial charge >= 0.3 is 11.7 Å². The first kappa shape index (κ1) is 41.0. The number of phenolic OH excluding ortho intramolecular Hbond substituents is 1. The number of nitrogens with one attached hydrogen (secondary N) is 3. The maximum absolute atomic E-state index is 14.1. The fourth-order valence-electron chi connectivity index (χ4n) is 5.68. The topological polar surface area (TPSA) is 247 Å². The number of nitrogens with two attached hydrogens (primary N) is 2. The van der Waals surface area contributed by atoms with E-state index in [0.29, 0.717) is 12.0 Å². The number of nitrogens with zero attached hydrogens (tertiary/aromatic N) is 1. The van der Waals surface area contributed by atoms with Gasteiger partial charge in [0.05, 0.1) is 31.2 Å². The van der Waals surface area contributed by atoms with Crippen LogP contribution in [0.15, 0.2) is 60.7 Å². The molecule has 4 bridgehead atoms. The quantitative estimate of drug-likeness (QED) is 0.0995. The number of ether oxygens (including phenoxy) is 3. The van der Waals surface area contributed by atoms with E-state index < -0.39 is 70.3 Å². The Morgan fingerprint density at radius 2 is 1.73 bits per heavy atom. The summed E-state index contributed by atoms with van der Waals surface area (Å²) < 4.78 is 16.1. The molecule has 5 rings (SSSR count). The molecule has 5 atom stereocenters. The highest BCUT2D eigenvalue weighted by atomic mass is 35.5. The number of carbonyl (C=O) groups is 4. The lowest BCUT2D eigenvalue weighted by atomic mass is 9.96. The molecule has 3 aromatic rings. The van der Waals surface area contributed by atoms with Crippen LogP contribution in [0.2, 0.25) is 0 Å². The second kappa shape index (κ2) is 18.2. The summed E-state index contributed by atoms with van der Waals surface area (Å²) in [6.45, 7) is 3.77. The van der Waals surface area contributed by atoms with Gasteiger partial charge in [0, 0.05) is 18.9 Å². The summed E-state index contributed by atoms with van der Waals surface area (Å²) >= 11 is 0. The van der Waals surface area contributed by atoms with E-state index in [1.807, 2.05) is 13.8 Å². The molecule has 1 unspecified atom stereocenters. The van der Waals surface area contributed by atoms with Gasteiger partial charge in [0.15, 0.2) is 11.5 Å². The highest BCUT2D eigenvalue weighted by molar-refractivity contribution is 5.94. The number of halogens is 1. The molecule has 0 aliphatic carbocycles. The molecule has 52 heavy (non-hydrogen) atoms. The highest BCUT2D eigenvalue weighted by Gasteiger charge is 2.35. The molecule has 0 spiro atoms. The third kappa shape index (κ3) is 10.1. The summed E-state index contributed by atoms with van der Waals surface area (Å²) in [6, 6.07) is 8.63. The van der Waals surface area contributed by atoms with Crippen molar-refractivity contribution in [2.75, 3.05) is 14.2 Å². The number of hydrogen-bond acceptors (Lipinski definition) is 12. The molecule has 0 saturated heterocycles. The van der Waals surface area contributed by atoms with Crippen LogP contribution in [0, 0.1) is 16.0 Å². The molecule has 0 saturated carbocycles. The van der Waals surface area contributed by atoms with Crippen molar-refractivity contribution in [3.8, 4) is 23.0 Å². The largest absolute Gasteiger partial charge is 0.504 e. The molecule has 2 aliphatic rings. The monoisotopic (exact) mass is 742 g/mol. The lowest BCUT2D eigenvalue weighted by molar-refractivity contribution is -0.385. The lowest BCUT2D eigenvalue weighted by Crippen LogP contribution is -2.58. The van der Waals surface area contributed by atoms with Crippen LogP contribution < -0.4 is 36.9 Å². The molecule has 8 N–H and O–H groups in total. The van der Waals surface area contributed by atoms with Gasteiger partial charge in [-0.3, -0.25) is 29.3 Å². The summed E-state index contributed by atoms with van der Waals surface area (Å²) in [5.74, 6) is -4.23. The van der Waals surface area contributed by atoms with E-state index in [2.05, 4.69) is 16.0 Å². The SMILES string of the molecule is COC(=O)[C@H](N)C1NC(=O)[C@H](Cc2ccccc2)NC(=O)[C@H](NC(=O)[C@H](N)CC(C)C)Cc2ccc(c([N+](=O)[O-])c2)Oc2cc1cc(O)c2OC.Cl. The van der Waals surface area contributed by atoms with E-state index in [1.54, 1.807) is 30.3 Å². The van der Waals surface area contributed by atoms with Crippen LogP contribution in [0.4, 0.5) is 5.69 Å². The molecule has 3 aromatic carbocycles. The second-order valence-corrected chi connectivity index (χ2v) is 12.5. The summed E-state index contributed by atoms with van der Waals surface area (Å²) in [4.78, 5) is 65.7. The van der Waals surface area contributed by atoms with Crippen LogP contribution in [0.1, 0.15) is 43.0 Å². The Hall–Kier alpha value is -5.45. The number of fused-ring (bicyclic) bond motifs is 9. The van der Waals surface area contributed by atoms with Gasteiger partial charge in [-0.2, -0.15) is 0 Å². The standard InChI is InChI=1S/C35H42N6O10.ClH/c1-18(2)12-22(36)32(43)38-24-14-20-10-11-27(25(15-20)41(47)48)51-28-17-21(16-26(42)31(28)49-3)30(29(37)35(46)50-4)40-34(45)23(39-33(24)44)13-19-8-6-5-7-9-19;/h5-11,15-18,22-24,29-30,42H,12-14,36-37H2,1-4H3,(H,38,43)(H,39,44)(H,40,45);1H/t22-,23+,24-,29-,30?;/m1./s1. The average Bonchev–Trinajstić information content (AvgIpc) is 3.09. The molecule has 0 fully saturated rings. The maximum atomic E-state index is 14.1. The first-order chi connectivity index (χ1) is 24.2. The number of carbonyl (C=O) groups excluding carboxylic acids is 4. The Kier molecular flexibility index (Phi) is 14.3. The number of phenols is 1. The van der Waals surface area contributed by atoms with Crippen molar-refractivity contribution < 1.29 is 43.4 Å². The molecular formula is C35H43ClN6O10. The van der Waals surface area contributed by atoms with Crippen LogP contribution in [0.3, 0.4) is 0 Å². The van der Waals surface area contributed by atoms with Crippen molar-refractivity contribution >= 4 is 41.8 Å². The predicted octanol–water partition coefficient (Wildman–Crippen LogP) is 2.32. The molecule has 17 heteroatoms. The Labute approximate surface area is 306 Å². The molecule has 0 aromatic heterocycles. The predicted molar refractivity (Wildman–Crippen MR) is 191 cm³/mol. The van der Waals surface area contributed by atoms with Crippen LogP contribution in [-0.4, -0.2) is 72.1 Å². The molecule has 280 valence electrons. The van der Waals surface area contributed by atoms with Gasteiger partial charge in [0.2, 0.25) is 29.2 Å². The summed E-state index contributed by atoms with van der Waals surface area (Å²) in [5.41, 5.74) is 12.9. The first-order valence-electron chi connectivity index (χ1n) is 16.1. The lowest BCUT2D eigenvalue weighted by Gasteiger charge is -2.29. The van der Waals surface area contributed by atoms with E-state index >= 15 is 0 Å². The number of amides is 3. The van der Waals surface area contributed by atoms with Gasteiger partial charge in [-0.25, -0.2) is 0 Å².